The number of rotatable bonds is 5. The Morgan fingerprint density at radius 1 is 1.35 bits per heavy atom. The molecule has 0 aliphatic carbocycles. The van der Waals surface area contributed by atoms with Gasteiger partial charge in [-0.2, -0.15) is 0 Å². The van der Waals surface area contributed by atoms with E-state index in [-0.39, 0.29) is 17.9 Å². The van der Waals surface area contributed by atoms with E-state index in [9.17, 15) is 9.59 Å². The summed E-state index contributed by atoms with van der Waals surface area (Å²) in [6.07, 6.45) is 3.94. The third-order valence-corrected chi connectivity index (χ3v) is 4.81. The number of aromatic nitrogens is 2. The lowest BCUT2D eigenvalue weighted by molar-refractivity contribution is -0.131. The van der Waals surface area contributed by atoms with Crippen LogP contribution in [0.15, 0.2) is 22.9 Å². The Hall–Kier alpha value is -2.70. The molecular formula is C19H24N4O3. The van der Waals surface area contributed by atoms with Gasteiger partial charge in [0, 0.05) is 31.8 Å². The average molecular weight is 356 g/mol. The molecule has 1 aliphatic heterocycles. The van der Waals surface area contributed by atoms with E-state index in [1.165, 1.54) is 6.92 Å². The molecule has 0 unspecified atom stereocenters. The number of likely N-dealkylation sites (tertiary alicyclic amines) is 1. The molecule has 2 amide bonds. The van der Waals surface area contributed by atoms with Crippen LogP contribution in [0.4, 0.5) is 0 Å². The molecule has 26 heavy (non-hydrogen) atoms. The smallest absolute Gasteiger partial charge is 0.227 e. The summed E-state index contributed by atoms with van der Waals surface area (Å²) < 4.78 is 5.16. The Labute approximate surface area is 152 Å². The summed E-state index contributed by atoms with van der Waals surface area (Å²) in [5, 5.41) is 6.68. The molecule has 1 aliphatic rings. The number of nitrogens with one attached hydrogen (secondary N) is 1. The monoisotopic (exact) mass is 356 g/mol. The van der Waals surface area contributed by atoms with Gasteiger partial charge in [0.15, 0.2) is 0 Å². The third kappa shape index (κ3) is 3.92. The molecule has 0 bridgehead atoms. The highest BCUT2D eigenvalue weighted by atomic mass is 16.5. The fourth-order valence-corrected chi connectivity index (χ4v) is 3.34. The van der Waals surface area contributed by atoms with Crippen molar-refractivity contribution in [2.45, 2.75) is 52.6 Å². The fraction of sp³-hybridized carbons (Fsp3) is 0.474. The molecule has 0 radical (unpaired) electrons. The van der Waals surface area contributed by atoms with Gasteiger partial charge in [0.25, 0.3) is 0 Å². The summed E-state index contributed by atoms with van der Waals surface area (Å²) in [5.41, 5.74) is 3.48. The van der Waals surface area contributed by atoms with Gasteiger partial charge < -0.3 is 14.7 Å². The van der Waals surface area contributed by atoms with Gasteiger partial charge >= 0.3 is 0 Å². The van der Waals surface area contributed by atoms with Gasteiger partial charge in [-0.3, -0.25) is 14.6 Å². The zero-order chi connectivity index (χ0) is 18.7. The minimum atomic E-state index is -0.0686. The maximum absolute atomic E-state index is 12.8. The molecule has 2 aromatic heterocycles. The first kappa shape index (κ1) is 18.1. The molecule has 2 aromatic rings. The molecule has 7 nitrogen and oxygen atoms in total. The highest BCUT2D eigenvalue weighted by Crippen LogP contribution is 2.31. The van der Waals surface area contributed by atoms with Crippen molar-refractivity contribution in [1.29, 1.82) is 0 Å². The number of carbonyl (C=O) groups is 2. The highest BCUT2D eigenvalue weighted by Gasteiger charge is 2.31. The standard InChI is InChI=1S/C19H24N4O3/c1-12-16(13(2)26-22-12)9-19(25)23-8-4-5-18(23)17-7-6-15(11-21-17)10-20-14(3)24/h6-7,11,18H,4-5,8-10H2,1-3H3,(H,20,24)/t18-/m1/s1. The van der Waals surface area contributed by atoms with E-state index in [0.717, 1.165) is 41.9 Å². The third-order valence-electron chi connectivity index (χ3n) is 4.81. The Bertz CT molecular complexity index is 778. The minimum Gasteiger partial charge on any atom is -0.361 e. The lowest BCUT2D eigenvalue weighted by atomic mass is 10.1. The number of nitrogens with zero attached hydrogens (tertiary/aromatic N) is 3. The second kappa shape index (κ2) is 7.68. The molecule has 0 aromatic carbocycles. The Kier molecular flexibility index (Phi) is 5.35. The van der Waals surface area contributed by atoms with Crippen LogP contribution in [-0.2, 0) is 22.6 Å². The molecule has 138 valence electrons. The molecule has 1 N–H and O–H groups in total. The first-order chi connectivity index (χ1) is 12.5. The van der Waals surface area contributed by atoms with Crippen molar-refractivity contribution in [2.75, 3.05) is 6.54 Å². The van der Waals surface area contributed by atoms with Crippen molar-refractivity contribution in [3.8, 4) is 0 Å². The molecule has 1 atom stereocenters. The molecular weight excluding hydrogens is 332 g/mol. The van der Waals surface area contributed by atoms with Crippen LogP contribution in [0, 0.1) is 13.8 Å². The molecule has 7 heteroatoms. The van der Waals surface area contributed by atoms with Crippen LogP contribution in [0.1, 0.15) is 54.1 Å². The number of hydrogen-bond acceptors (Lipinski definition) is 5. The topological polar surface area (TPSA) is 88.3 Å². The fourth-order valence-electron chi connectivity index (χ4n) is 3.34. The predicted molar refractivity (Wildman–Crippen MR) is 95.1 cm³/mol. The summed E-state index contributed by atoms with van der Waals surface area (Å²) in [4.78, 5) is 30.3. The first-order valence-corrected chi connectivity index (χ1v) is 8.86. The number of aryl methyl sites for hydroxylation is 2. The van der Waals surface area contributed by atoms with E-state index in [0.29, 0.717) is 18.7 Å². The van der Waals surface area contributed by atoms with Gasteiger partial charge in [0.2, 0.25) is 11.8 Å². The van der Waals surface area contributed by atoms with Gasteiger partial charge in [-0.05, 0) is 38.3 Å². The van der Waals surface area contributed by atoms with Crippen molar-refractivity contribution >= 4 is 11.8 Å². The number of hydrogen-bond donors (Lipinski definition) is 1. The predicted octanol–water partition coefficient (Wildman–Crippen LogP) is 2.23. The Balaban J connectivity index is 1.69. The molecule has 0 spiro atoms. The Morgan fingerprint density at radius 3 is 2.77 bits per heavy atom. The van der Waals surface area contributed by atoms with E-state index >= 15 is 0 Å². The summed E-state index contributed by atoms with van der Waals surface area (Å²) >= 11 is 0. The van der Waals surface area contributed by atoms with Gasteiger partial charge in [-0.25, -0.2) is 0 Å². The van der Waals surface area contributed by atoms with Crippen LogP contribution in [0.3, 0.4) is 0 Å². The quantitative estimate of drug-likeness (QED) is 0.887. The molecule has 1 fully saturated rings. The zero-order valence-electron chi connectivity index (χ0n) is 15.4. The van der Waals surface area contributed by atoms with Gasteiger partial charge in [0.05, 0.1) is 23.9 Å². The second-order valence-corrected chi connectivity index (χ2v) is 6.73. The van der Waals surface area contributed by atoms with Gasteiger partial charge in [-0.1, -0.05) is 11.2 Å². The summed E-state index contributed by atoms with van der Waals surface area (Å²) in [5.74, 6) is 0.707. The normalized spacial score (nSPS) is 16.7. The van der Waals surface area contributed by atoms with Crippen molar-refractivity contribution in [1.82, 2.24) is 20.4 Å². The lowest BCUT2D eigenvalue weighted by Crippen LogP contribution is -2.32. The molecule has 1 saturated heterocycles. The largest absolute Gasteiger partial charge is 0.361 e. The first-order valence-electron chi connectivity index (χ1n) is 8.86. The van der Waals surface area contributed by atoms with Crippen molar-refractivity contribution in [3.05, 3.63) is 46.6 Å². The summed E-state index contributed by atoms with van der Waals surface area (Å²) in [6, 6.07) is 3.90. The van der Waals surface area contributed by atoms with Crippen LogP contribution in [0.5, 0.6) is 0 Å². The van der Waals surface area contributed by atoms with Gasteiger partial charge in [-0.15, -0.1) is 0 Å². The number of carbonyl (C=O) groups excluding carboxylic acids is 2. The molecule has 0 saturated carbocycles. The van der Waals surface area contributed by atoms with E-state index in [4.69, 9.17) is 4.52 Å². The van der Waals surface area contributed by atoms with Crippen molar-refractivity contribution in [2.24, 2.45) is 0 Å². The van der Waals surface area contributed by atoms with Crippen molar-refractivity contribution < 1.29 is 14.1 Å². The summed E-state index contributed by atoms with van der Waals surface area (Å²) in [6.45, 7) is 6.38. The van der Waals surface area contributed by atoms with E-state index in [1.54, 1.807) is 6.20 Å². The van der Waals surface area contributed by atoms with Crippen LogP contribution >= 0.6 is 0 Å². The average Bonchev–Trinajstić information content (AvgIpc) is 3.23. The minimum absolute atomic E-state index is 0.00205. The highest BCUT2D eigenvalue weighted by molar-refractivity contribution is 5.80. The zero-order valence-corrected chi connectivity index (χ0v) is 15.4. The van der Waals surface area contributed by atoms with Crippen LogP contribution < -0.4 is 5.32 Å². The van der Waals surface area contributed by atoms with Crippen LogP contribution in [-0.4, -0.2) is 33.4 Å². The van der Waals surface area contributed by atoms with Crippen LogP contribution in [0.2, 0.25) is 0 Å². The second-order valence-electron chi connectivity index (χ2n) is 6.73. The van der Waals surface area contributed by atoms with E-state index in [1.807, 2.05) is 30.9 Å². The number of amides is 2. The molecule has 3 rings (SSSR count). The van der Waals surface area contributed by atoms with Crippen molar-refractivity contribution in [3.63, 3.8) is 0 Å². The summed E-state index contributed by atoms with van der Waals surface area (Å²) in [7, 11) is 0. The van der Waals surface area contributed by atoms with E-state index in [2.05, 4.69) is 15.5 Å². The SMILES string of the molecule is CC(=O)NCc1ccc([C@H]2CCCN2C(=O)Cc2c(C)noc2C)nc1. The van der Waals surface area contributed by atoms with Gasteiger partial charge in [0.1, 0.15) is 5.76 Å². The number of pyridine rings is 1. The van der Waals surface area contributed by atoms with Crippen LogP contribution in [0.25, 0.3) is 0 Å². The Morgan fingerprint density at radius 2 is 2.15 bits per heavy atom. The maximum Gasteiger partial charge on any atom is 0.227 e. The maximum atomic E-state index is 12.8. The molecule has 3 heterocycles. The van der Waals surface area contributed by atoms with E-state index < -0.39 is 0 Å². The lowest BCUT2D eigenvalue weighted by Gasteiger charge is -2.24.